The van der Waals surface area contributed by atoms with Gasteiger partial charge in [-0.2, -0.15) is 0 Å². The lowest BCUT2D eigenvalue weighted by Crippen LogP contribution is -2.46. The van der Waals surface area contributed by atoms with Crippen LogP contribution in [0.3, 0.4) is 0 Å². The van der Waals surface area contributed by atoms with Gasteiger partial charge in [0.2, 0.25) is 0 Å². The van der Waals surface area contributed by atoms with E-state index in [4.69, 9.17) is 9.47 Å². The molecule has 184 valence electrons. The molecule has 0 aliphatic carbocycles. The Labute approximate surface area is 201 Å². The van der Waals surface area contributed by atoms with Gasteiger partial charge in [0.05, 0.1) is 17.9 Å². The van der Waals surface area contributed by atoms with Gasteiger partial charge in [-0.3, -0.25) is 19.5 Å². The molecule has 1 aliphatic heterocycles. The molecular formula is C25H35N5O4. The quantitative estimate of drug-likeness (QED) is 0.719. The van der Waals surface area contributed by atoms with E-state index in [-0.39, 0.29) is 29.7 Å². The Morgan fingerprint density at radius 2 is 2.06 bits per heavy atom. The van der Waals surface area contributed by atoms with Crippen LogP contribution in [0.5, 0.6) is 5.75 Å². The summed E-state index contributed by atoms with van der Waals surface area (Å²) in [5, 5.41) is 2.79. The van der Waals surface area contributed by atoms with Crippen LogP contribution in [0.4, 0.5) is 5.69 Å². The third kappa shape index (κ3) is 6.30. The number of nitrogens with zero attached hydrogens (tertiary/aromatic N) is 4. The summed E-state index contributed by atoms with van der Waals surface area (Å²) in [5.41, 5.74) is 1.05. The lowest BCUT2D eigenvalue weighted by Gasteiger charge is -2.35. The van der Waals surface area contributed by atoms with E-state index in [0.29, 0.717) is 30.2 Å². The number of rotatable bonds is 5. The number of hydrogen-bond donors (Lipinski definition) is 1. The molecule has 1 N–H and O–H groups in total. The Hall–Kier alpha value is -3.04. The summed E-state index contributed by atoms with van der Waals surface area (Å²) in [6.45, 7) is 9.17. The lowest BCUT2D eigenvalue weighted by molar-refractivity contribution is 0.0108. The van der Waals surface area contributed by atoms with Crippen LogP contribution in [-0.4, -0.2) is 84.1 Å². The van der Waals surface area contributed by atoms with Crippen LogP contribution < -0.4 is 10.1 Å². The molecule has 0 spiro atoms. The number of ether oxygens (including phenoxy) is 2. The van der Waals surface area contributed by atoms with Crippen molar-refractivity contribution in [1.82, 2.24) is 19.8 Å². The second-order valence-electron chi connectivity index (χ2n) is 8.85. The van der Waals surface area contributed by atoms with E-state index >= 15 is 0 Å². The summed E-state index contributed by atoms with van der Waals surface area (Å²) < 4.78 is 11.9. The van der Waals surface area contributed by atoms with Crippen LogP contribution in [0.25, 0.3) is 0 Å². The molecule has 34 heavy (non-hydrogen) atoms. The van der Waals surface area contributed by atoms with Crippen molar-refractivity contribution in [3.63, 3.8) is 0 Å². The smallest absolute Gasteiger partial charge is 0.275 e. The van der Waals surface area contributed by atoms with Crippen LogP contribution in [0.15, 0.2) is 36.8 Å². The zero-order chi connectivity index (χ0) is 24.7. The fraction of sp³-hybridized carbons (Fsp3) is 0.520. The van der Waals surface area contributed by atoms with E-state index in [1.165, 1.54) is 18.6 Å². The maximum atomic E-state index is 13.4. The normalized spacial score (nSPS) is 22.2. The number of likely N-dealkylation sites (N-methyl/N-ethyl adjacent to an activating group) is 1. The number of benzene rings is 1. The SMILES string of the molecule is CCCN1C[C@@H](C)[C@@H](OC)CN(C)C(=O)c2cc(NC(=O)c3cnccn3)ccc2OC[C@H]1C. The topological polar surface area (TPSA) is 96.9 Å². The fourth-order valence-electron chi connectivity index (χ4n) is 4.14. The zero-order valence-corrected chi connectivity index (χ0v) is 20.7. The third-order valence-corrected chi connectivity index (χ3v) is 6.14. The van der Waals surface area contributed by atoms with Crippen molar-refractivity contribution in [3.05, 3.63) is 48.0 Å². The minimum Gasteiger partial charge on any atom is -0.491 e. The molecule has 2 heterocycles. The highest BCUT2D eigenvalue weighted by molar-refractivity contribution is 6.04. The molecule has 1 aliphatic rings. The number of carbonyl (C=O) groups excluding carboxylic acids is 2. The minimum atomic E-state index is -0.403. The molecule has 0 unspecified atom stereocenters. The Morgan fingerprint density at radius 1 is 1.26 bits per heavy atom. The molecule has 1 aromatic carbocycles. The Morgan fingerprint density at radius 3 is 2.74 bits per heavy atom. The standard InChI is InChI=1S/C25H35N5O4/c1-6-11-30-14-17(2)23(33-5)15-29(4)25(32)20-12-19(7-8-22(20)34-16-18(30)3)28-24(31)21-13-26-9-10-27-21/h7-10,12-13,17-18,23H,6,11,14-16H2,1-5H3,(H,28,31)/t17-,18-,23+/m1/s1. The number of anilines is 1. The maximum absolute atomic E-state index is 13.4. The summed E-state index contributed by atoms with van der Waals surface area (Å²) in [6, 6.07) is 5.26. The van der Waals surface area contributed by atoms with E-state index < -0.39 is 5.91 Å². The number of aromatic nitrogens is 2. The highest BCUT2D eigenvalue weighted by atomic mass is 16.5. The van der Waals surface area contributed by atoms with Crippen molar-refractivity contribution < 1.29 is 19.1 Å². The summed E-state index contributed by atoms with van der Waals surface area (Å²) in [7, 11) is 3.45. The van der Waals surface area contributed by atoms with Gasteiger partial charge in [0, 0.05) is 51.4 Å². The maximum Gasteiger partial charge on any atom is 0.275 e. The van der Waals surface area contributed by atoms with Crippen molar-refractivity contribution in [3.8, 4) is 5.75 Å². The second kappa shape index (κ2) is 11.9. The number of nitrogens with one attached hydrogen (secondary N) is 1. The van der Waals surface area contributed by atoms with Gasteiger partial charge in [-0.1, -0.05) is 13.8 Å². The van der Waals surface area contributed by atoms with Crippen molar-refractivity contribution in [2.24, 2.45) is 5.92 Å². The van der Waals surface area contributed by atoms with E-state index in [0.717, 1.165) is 19.5 Å². The van der Waals surface area contributed by atoms with Crippen LogP contribution in [0, 0.1) is 5.92 Å². The van der Waals surface area contributed by atoms with Crippen LogP contribution >= 0.6 is 0 Å². The molecule has 9 nitrogen and oxygen atoms in total. The van der Waals surface area contributed by atoms with Gasteiger partial charge in [0.15, 0.2) is 0 Å². The summed E-state index contributed by atoms with van der Waals surface area (Å²) in [5.74, 6) is 0.115. The molecule has 3 atom stereocenters. The first kappa shape index (κ1) is 25.6. The van der Waals surface area contributed by atoms with Crippen LogP contribution in [-0.2, 0) is 4.74 Å². The van der Waals surface area contributed by atoms with Gasteiger partial charge in [-0.15, -0.1) is 0 Å². The van der Waals surface area contributed by atoms with Gasteiger partial charge in [-0.05, 0) is 44.0 Å². The van der Waals surface area contributed by atoms with E-state index in [1.54, 1.807) is 37.3 Å². The number of fused-ring (bicyclic) bond motifs is 1. The Bertz CT molecular complexity index is 971. The largest absolute Gasteiger partial charge is 0.491 e. The lowest BCUT2D eigenvalue weighted by atomic mass is 10.0. The van der Waals surface area contributed by atoms with Crippen molar-refractivity contribution >= 4 is 17.5 Å². The first-order valence-electron chi connectivity index (χ1n) is 11.7. The average molecular weight is 470 g/mol. The number of amides is 2. The number of hydrogen-bond acceptors (Lipinski definition) is 7. The highest BCUT2D eigenvalue weighted by Crippen LogP contribution is 2.26. The van der Waals surface area contributed by atoms with Gasteiger partial charge in [0.25, 0.3) is 11.8 Å². The Balaban J connectivity index is 1.91. The third-order valence-electron chi connectivity index (χ3n) is 6.14. The molecule has 0 fully saturated rings. The molecule has 1 aromatic heterocycles. The molecule has 0 radical (unpaired) electrons. The number of carbonyl (C=O) groups is 2. The van der Waals surface area contributed by atoms with Gasteiger partial charge in [-0.25, -0.2) is 4.98 Å². The second-order valence-corrected chi connectivity index (χ2v) is 8.85. The average Bonchev–Trinajstić information content (AvgIpc) is 2.85. The first-order chi connectivity index (χ1) is 16.3. The minimum absolute atomic E-state index is 0.108. The molecule has 2 aromatic rings. The van der Waals surface area contributed by atoms with Gasteiger partial charge < -0.3 is 19.7 Å². The van der Waals surface area contributed by atoms with E-state index in [1.807, 2.05) is 0 Å². The monoisotopic (exact) mass is 469 g/mol. The molecule has 9 heteroatoms. The zero-order valence-electron chi connectivity index (χ0n) is 20.7. The molecular weight excluding hydrogens is 434 g/mol. The van der Waals surface area contributed by atoms with Crippen molar-refractivity contribution in [2.75, 3.05) is 45.7 Å². The molecule has 0 saturated carbocycles. The van der Waals surface area contributed by atoms with Crippen molar-refractivity contribution in [2.45, 2.75) is 39.3 Å². The van der Waals surface area contributed by atoms with Gasteiger partial charge >= 0.3 is 0 Å². The molecule has 3 rings (SSSR count). The van der Waals surface area contributed by atoms with E-state index in [9.17, 15) is 9.59 Å². The Kier molecular flexibility index (Phi) is 8.95. The fourth-order valence-corrected chi connectivity index (χ4v) is 4.14. The number of methoxy groups -OCH3 is 1. The summed E-state index contributed by atoms with van der Waals surface area (Å²) in [6.07, 6.45) is 5.28. The molecule has 0 bridgehead atoms. The summed E-state index contributed by atoms with van der Waals surface area (Å²) in [4.78, 5) is 38.0. The van der Waals surface area contributed by atoms with Crippen LogP contribution in [0.1, 0.15) is 48.0 Å². The first-order valence-corrected chi connectivity index (χ1v) is 11.7. The van der Waals surface area contributed by atoms with Crippen LogP contribution in [0.2, 0.25) is 0 Å². The molecule has 2 amide bonds. The van der Waals surface area contributed by atoms with E-state index in [2.05, 4.69) is 41.0 Å². The summed E-state index contributed by atoms with van der Waals surface area (Å²) >= 11 is 0. The van der Waals surface area contributed by atoms with Gasteiger partial charge in [0.1, 0.15) is 18.1 Å². The predicted octanol–water partition coefficient (Wildman–Crippen LogP) is 2.94. The van der Waals surface area contributed by atoms with Crippen molar-refractivity contribution in [1.29, 1.82) is 0 Å². The molecule has 0 saturated heterocycles. The predicted molar refractivity (Wildman–Crippen MR) is 130 cm³/mol. The highest BCUT2D eigenvalue weighted by Gasteiger charge is 2.28.